The van der Waals surface area contributed by atoms with E-state index in [1.54, 1.807) is 0 Å². The minimum Gasteiger partial charge on any atom is -0.456 e. The fraction of sp³-hybridized carbons (Fsp3) is 0.160. The molecule has 12 rings (SSSR count). The molecule has 0 unspecified atom stereocenters. The zero-order valence-corrected chi connectivity index (χ0v) is 31.9. The van der Waals surface area contributed by atoms with Crippen molar-refractivity contribution in [3.63, 3.8) is 0 Å². The van der Waals surface area contributed by atoms with Crippen LogP contribution in [-0.2, 0) is 10.8 Å². The van der Waals surface area contributed by atoms with Crippen molar-refractivity contribution in [2.75, 3.05) is 4.81 Å². The standard InChI is InChI=1S/C50H39BN2O2/c1-49(2,3)28-15-18-30(19-16-28)53-40-22-17-29(50(4,5)6)23-35(40)33-20-21-34-36-24-37-31-11-7-9-13-43(31)54-45(37)26-41(36)52-42-27-46-38(32-12-8-10-14-44(32)55-46)25-39(42)51(53)47(33)48(34)52/h7-27H,1-6H3. The summed E-state index contributed by atoms with van der Waals surface area (Å²) in [7, 11) is 0. The highest BCUT2D eigenvalue weighted by atomic mass is 16.3. The SMILES string of the molecule is CC(C)(C)c1ccc(N2B3c4cc5c(cc4-n4c6cc7oc8ccccc8c7cc6c6ccc(c3c64)-c3cc(C(C)(C)C)ccc32)oc2ccccc25)cc1. The molecule has 0 amide bonds. The van der Waals surface area contributed by atoms with Crippen LogP contribution in [0.5, 0.6) is 0 Å². The zero-order valence-electron chi connectivity index (χ0n) is 31.9. The lowest BCUT2D eigenvalue weighted by molar-refractivity contribution is 0.590. The van der Waals surface area contributed by atoms with Gasteiger partial charge in [0.25, 0.3) is 0 Å². The summed E-state index contributed by atoms with van der Waals surface area (Å²) in [6.45, 7) is 13.7. The van der Waals surface area contributed by atoms with E-state index in [4.69, 9.17) is 8.83 Å². The van der Waals surface area contributed by atoms with Crippen LogP contribution in [0.1, 0.15) is 52.7 Å². The van der Waals surface area contributed by atoms with E-state index in [-0.39, 0.29) is 17.7 Å². The Labute approximate surface area is 319 Å². The molecule has 0 aliphatic carbocycles. The summed E-state index contributed by atoms with van der Waals surface area (Å²) >= 11 is 0. The second-order valence-electron chi connectivity index (χ2n) is 17.8. The molecule has 0 spiro atoms. The number of anilines is 2. The van der Waals surface area contributed by atoms with Gasteiger partial charge in [0.2, 0.25) is 0 Å². The van der Waals surface area contributed by atoms with E-state index in [0.29, 0.717) is 0 Å². The zero-order chi connectivity index (χ0) is 37.1. The summed E-state index contributed by atoms with van der Waals surface area (Å²) in [5.74, 6) is 0. The minimum absolute atomic E-state index is 0.00129. The molecule has 55 heavy (non-hydrogen) atoms. The van der Waals surface area contributed by atoms with Crippen LogP contribution in [0.15, 0.2) is 136 Å². The molecule has 5 heteroatoms. The van der Waals surface area contributed by atoms with Crippen LogP contribution < -0.4 is 15.7 Å². The molecule has 2 aliphatic heterocycles. The Bertz CT molecular complexity index is 3290. The van der Waals surface area contributed by atoms with E-state index >= 15 is 0 Å². The van der Waals surface area contributed by atoms with Crippen LogP contribution in [0.3, 0.4) is 0 Å². The van der Waals surface area contributed by atoms with Crippen molar-refractivity contribution in [2.45, 2.75) is 52.4 Å². The van der Waals surface area contributed by atoms with Crippen molar-refractivity contribution in [3.05, 3.63) is 139 Å². The molecule has 3 aromatic heterocycles. The summed E-state index contributed by atoms with van der Waals surface area (Å²) in [5.41, 5.74) is 17.4. The molecule has 4 nitrogen and oxygen atoms in total. The van der Waals surface area contributed by atoms with Crippen molar-refractivity contribution >= 4 is 94.8 Å². The van der Waals surface area contributed by atoms with Gasteiger partial charge in [0.15, 0.2) is 0 Å². The van der Waals surface area contributed by atoms with Crippen molar-refractivity contribution in [1.82, 2.24) is 4.57 Å². The van der Waals surface area contributed by atoms with E-state index in [1.165, 1.54) is 60.8 Å². The highest BCUT2D eigenvalue weighted by molar-refractivity contribution is 6.94. The number of fused-ring (bicyclic) bond motifs is 14. The maximum atomic E-state index is 6.62. The van der Waals surface area contributed by atoms with E-state index in [0.717, 1.165) is 55.1 Å². The van der Waals surface area contributed by atoms with E-state index < -0.39 is 0 Å². The second-order valence-corrected chi connectivity index (χ2v) is 17.8. The van der Waals surface area contributed by atoms with Gasteiger partial charge in [-0.15, -0.1) is 0 Å². The number of rotatable bonds is 1. The van der Waals surface area contributed by atoms with Crippen molar-refractivity contribution in [2.24, 2.45) is 0 Å². The highest BCUT2D eigenvalue weighted by Gasteiger charge is 2.44. The molecule has 5 heterocycles. The Morgan fingerprint density at radius 3 is 1.80 bits per heavy atom. The third-order valence-electron chi connectivity index (χ3n) is 12.5. The van der Waals surface area contributed by atoms with Gasteiger partial charge in [-0.1, -0.05) is 114 Å². The summed E-state index contributed by atoms with van der Waals surface area (Å²) in [6, 6.07) is 47.4. The van der Waals surface area contributed by atoms with Crippen molar-refractivity contribution < 1.29 is 8.83 Å². The average Bonchev–Trinajstić information content (AvgIpc) is 3.83. The van der Waals surface area contributed by atoms with E-state index in [9.17, 15) is 0 Å². The Balaban J connectivity index is 1.26. The van der Waals surface area contributed by atoms with E-state index in [2.05, 4.69) is 172 Å². The molecule has 7 aromatic carbocycles. The Kier molecular flexibility index (Phi) is 5.84. The Morgan fingerprint density at radius 1 is 0.473 bits per heavy atom. The van der Waals surface area contributed by atoms with Gasteiger partial charge in [-0.25, -0.2) is 0 Å². The molecule has 0 saturated carbocycles. The number of hydrogen-bond acceptors (Lipinski definition) is 3. The summed E-state index contributed by atoms with van der Waals surface area (Å²) in [6.07, 6.45) is 0. The molecule has 0 N–H and O–H groups in total. The monoisotopic (exact) mass is 710 g/mol. The molecule has 0 saturated heterocycles. The lowest BCUT2D eigenvalue weighted by Gasteiger charge is -2.42. The lowest BCUT2D eigenvalue weighted by atomic mass is 9.44. The summed E-state index contributed by atoms with van der Waals surface area (Å²) in [5, 5.41) is 7.04. The van der Waals surface area contributed by atoms with Crippen LogP contribution in [0.2, 0.25) is 0 Å². The van der Waals surface area contributed by atoms with Crippen molar-refractivity contribution in [3.8, 4) is 16.8 Å². The maximum absolute atomic E-state index is 6.62. The van der Waals surface area contributed by atoms with Crippen molar-refractivity contribution in [1.29, 1.82) is 0 Å². The number of nitrogens with zero attached hydrogens (tertiary/aromatic N) is 2. The molecular weight excluding hydrogens is 671 g/mol. The normalized spacial score (nSPS) is 13.9. The number of para-hydroxylation sites is 2. The largest absolute Gasteiger partial charge is 0.456 e. The smallest absolute Gasteiger partial charge is 0.333 e. The van der Waals surface area contributed by atoms with Crippen LogP contribution in [-0.4, -0.2) is 11.4 Å². The van der Waals surface area contributed by atoms with E-state index in [1.807, 2.05) is 6.07 Å². The first-order chi connectivity index (χ1) is 26.5. The molecule has 0 atom stereocenters. The molecule has 0 radical (unpaired) electrons. The Morgan fingerprint density at radius 2 is 1.11 bits per heavy atom. The molecular formula is C50H39BN2O2. The first-order valence-corrected chi connectivity index (χ1v) is 19.5. The van der Waals surface area contributed by atoms with Crippen LogP contribution in [0.4, 0.5) is 11.4 Å². The predicted molar refractivity (Wildman–Crippen MR) is 232 cm³/mol. The first-order valence-electron chi connectivity index (χ1n) is 19.5. The van der Waals surface area contributed by atoms with Gasteiger partial charge >= 0.3 is 6.85 Å². The maximum Gasteiger partial charge on any atom is 0.333 e. The quantitative estimate of drug-likeness (QED) is 0.159. The molecule has 0 fully saturated rings. The fourth-order valence-electron chi connectivity index (χ4n) is 9.70. The topological polar surface area (TPSA) is 34.5 Å². The number of benzene rings is 7. The minimum atomic E-state index is -0.0825. The molecule has 10 aromatic rings. The van der Waals surface area contributed by atoms with Gasteiger partial charge in [0, 0.05) is 67.1 Å². The molecule has 2 aliphatic rings. The Hall–Kier alpha value is -6.20. The highest BCUT2D eigenvalue weighted by Crippen LogP contribution is 2.48. The summed E-state index contributed by atoms with van der Waals surface area (Å²) < 4.78 is 15.7. The average molecular weight is 711 g/mol. The van der Waals surface area contributed by atoms with Crippen LogP contribution >= 0.6 is 0 Å². The van der Waals surface area contributed by atoms with Gasteiger partial charge in [-0.2, -0.15) is 0 Å². The third kappa shape index (κ3) is 4.13. The number of hydrogen-bond donors (Lipinski definition) is 0. The van der Waals surface area contributed by atoms with Crippen LogP contribution in [0, 0.1) is 0 Å². The second kappa shape index (κ2) is 10.3. The van der Waals surface area contributed by atoms with Gasteiger partial charge in [0.1, 0.15) is 22.3 Å². The first kappa shape index (κ1) is 31.2. The van der Waals surface area contributed by atoms with Gasteiger partial charge in [-0.05, 0) is 80.9 Å². The predicted octanol–water partition coefficient (Wildman–Crippen LogP) is 12.4. The van der Waals surface area contributed by atoms with Gasteiger partial charge in [0.05, 0.1) is 11.0 Å². The summed E-state index contributed by atoms with van der Waals surface area (Å²) in [4.78, 5) is 2.61. The van der Waals surface area contributed by atoms with Gasteiger partial charge < -0.3 is 18.2 Å². The number of aromatic nitrogens is 1. The fourth-order valence-corrected chi connectivity index (χ4v) is 9.70. The lowest BCUT2D eigenvalue weighted by Crippen LogP contribution is -2.60. The number of furan rings is 2. The molecule has 264 valence electrons. The molecule has 0 bridgehead atoms. The van der Waals surface area contributed by atoms with Gasteiger partial charge in [-0.3, -0.25) is 0 Å². The third-order valence-corrected chi connectivity index (χ3v) is 12.5. The van der Waals surface area contributed by atoms with Crippen LogP contribution in [0.25, 0.3) is 82.5 Å².